The second-order valence-corrected chi connectivity index (χ2v) is 4.21. The first kappa shape index (κ1) is 10.8. The van der Waals surface area contributed by atoms with E-state index in [0.717, 1.165) is 23.1 Å². The topological polar surface area (TPSA) is 24.9 Å². The number of aromatic nitrogens is 1. The predicted molar refractivity (Wildman–Crippen MR) is 75.5 cm³/mol. The third-order valence-electron chi connectivity index (χ3n) is 2.97. The Morgan fingerprint density at radius 1 is 0.833 bits per heavy atom. The van der Waals surface area contributed by atoms with Crippen molar-refractivity contribution in [2.45, 2.75) is 6.54 Å². The van der Waals surface area contributed by atoms with E-state index >= 15 is 0 Å². The van der Waals surface area contributed by atoms with Crippen LogP contribution < -0.4 is 5.32 Å². The number of benzene rings is 2. The van der Waals surface area contributed by atoms with Crippen molar-refractivity contribution in [1.29, 1.82) is 0 Å². The zero-order valence-corrected chi connectivity index (χ0v) is 10.0. The lowest BCUT2D eigenvalue weighted by molar-refractivity contribution is 1.15. The molecule has 1 aromatic heterocycles. The van der Waals surface area contributed by atoms with Gasteiger partial charge in [0.2, 0.25) is 0 Å². The van der Waals surface area contributed by atoms with Gasteiger partial charge >= 0.3 is 0 Å². The Hall–Kier alpha value is -2.35. The van der Waals surface area contributed by atoms with Crippen LogP contribution in [0.1, 0.15) is 5.56 Å². The summed E-state index contributed by atoms with van der Waals surface area (Å²) in [5.74, 6) is 0. The maximum Gasteiger partial charge on any atom is 0.0722 e. The van der Waals surface area contributed by atoms with Crippen molar-refractivity contribution in [3.05, 3.63) is 72.4 Å². The maximum atomic E-state index is 4.36. The van der Waals surface area contributed by atoms with Gasteiger partial charge in [-0.05, 0) is 17.7 Å². The molecular weight excluding hydrogens is 220 g/mol. The lowest BCUT2D eigenvalue weighted by Crippen LogP contribution is -1.99. The van der Waals surface area contributed by atoms with Crippen LogP contribution in [0.25, 0.3) is 10.9 Å². The Morgan fingerprint density at radius 2 is 1.61 bits per heavy atom. The number of hydrogen-bond acceptors (Lipinski definition) is 2. The highest BCUT2D eigenvalue weighted by Crippen LogP contribution is 2.21. The van der Waals surface area contributed by atoms with Crippen molar-refractivity contribution in [2.75, 3.05) is 5.32 Å². The Labute approximate surface area is 106 Å². The van der Waals surface area contributed by atoms with Crippen molar-refractivity contribution in [3.63, 3.8) is 0 Å². The summed E-state index contributed by atoms with van der Waals surface area (Å²) in [7, 11) is 0. The first-order valence-corrected chi connectivity index (χ1v) is 6.05. The molecule has 2 nitrogen and oxygen atoms in total. The van der Waals surface area contributed by atoms with Gasteiger partial charge in [0.1, 0.15) is 0 Å². The van der Waals surface area contributed by atoms with Gasteiger partial charge in [-0.3, -0.25) is 4.98 Å². The minimum Gasteiger partial charge on any atom is -0.380 e. The number of pyridine rings is 1. The molecule has 0 saturated heterocycles. The Kier molecular flexibility index (Phi) is 2.92. The average Bonchev–Trinajstić information content (AvgIpc) is 2.46. The van der Waals surface area contributed by atoms with Gasteiger partial charge in [0.25, 0.3) is 0 Å². The molecule has 2 heteroatoms. The lowest BCUT2D eigenvalue weighted by Gasteiger charge is -2.09. The fourth-order valence-electron chi connectivity index (χ4n) is 2.04. The molecule has 3 rings (SSSR count). The van der Waals surface area contributed by atoms with Crippen molar-refractivity contribution in [3.8, 4) is 0 Å². The Balaban J connectivity index is 1.87. The van der Waals surface area contributed by atoms with Crippen molar-refractivity contribution in [1.82, 2.24) is 4.98 Å². The maximum absolute atomic E-state index is 4.36. The number of fused-ring (bicyclic) bond motifs is 1. The molecule has 0 amide bonds. The number of anilines is 1. The van der Waals surface area contributed by atoms with Gasteiger partial charge in [-0.1, -0.05) is 48.5 Å². The van der Waals surface area contributed by atoms with Gasteiger partial charge in [-0.25, -0.2) is 0 Å². The van der Waals surface area contributed by atoms with E-state index in [9.17, 15) is 0 Å². The van der Waals surface area contributed by atoms with Crippen LogP contribution >= 0.6 is 0 Å². The molecule has 88 valence electrons. The van der Waals surface area contributed by atoms with Crippen LogP contribution in [0, 0.1) is 0 Å². The molecule has 0 radical (unpaired) electrons. The van der Waals surface area contributed by atoms with E-state index in [1.807, 2.05) is 36.5 Å². The molecule has 3 aromatic rings. The summed E-state index contributed by atoms with van der Waals surface area (Å²) in [6.45, 7) is 0.828. The SMILES string of the molecule is c1ccc(CNc2ccnc3ccccc23)cc1. The number of nitrogens with zero attached hydrogens (tertiary/aromatic N) is 1. The minimum absolute atomic E-state index is 0.828. The molecule has 0 aliphatic carbocycles. The highest BCUT2D eigenvalue weighted by molar-refractivity contribution is 5.90. The average molecular weight is 234 g/mol. The number of para-hydroxylation sites is 1. The standard InChI is InChI=1S/C16H14N2/c1-2-6-13(7-3-1)12-18-16-10-11-17-15-9-5-4-8-14(15)16/h1-11H,12H2,(H,17,18). The van der Waals surface area contributed by atoms with Crippen molar-refractivity contribution < 1.29 is 0 Å². The van der Waals surface area contributed by atoms with E-state index in [1.165, 1.54) is 5.56 Å². The zero-order valence-electron chi connectivity index (χ0n) is 10.0. The molecule has 0 saturated carbocycles. The quantitative estimate of drug-likeness (QED) is 0.744. The van der Waals surface area contributed by atoms with Crippen LogP contribution in [0.2, 0.25) is 0 Å². The van der Waals surface area contributed by atoms with E-state index in [4.69, 9.17) is 0 Å². The molecule has 0 spiro atoms. The molecule has 0 fully saturated rings. The van der Waals surface area contributed by atoms with Gasteiger partial charge in [-0.2, -0.15) is 0 Å². The molecule has 1 heterocycles. The van der Waals surface area contributed by atoms with Crippen molar-refractivity contribution in [2.24, 2.45) is 0 Å². The molecule has 2 aromatic carbocycles. The van der Waals surface area contributed by atoms with Crippen molar-refractivity contribution >= 4 is 16.6 Å². The number of hydrogen-bond donors (Lipinski definition) is 1. The summed E-state index contributed by atoms with van der Waals surface area (Å²) in [5, 5.41) is 4.63. The van der Waals surface area contributed by atoms with Crippen LogP contribution in [0.5, 0.6) is 0 Å². The summed E-state index contributed by atoms with van der Waals surface area (Å²) in [6, 6.07) is 20.6. The first-order chi connectivity index (χ1) is 8.93. The highest BCUT2D eigenvalue weighted by Gasteiger charge is 2.00. The second kappa shape index (κ2) is 4.88. The van der Waals surface area contributed by atoms with E-state index in [1.54, 1.807) is 0 Å². The monoisotopic (exact) mass is 234 g/mol. The summed E-state index contributed by atoms with van der Waals surface area (Å²) in [4.78, 5) is 4.36. The van der Waals surface area contributed by atoms with Gasteiger partial charge in [-0.15, -0.1) is 0 Å². The minimum atomic E-state index is 0.828. The van der Waals surface area contributed by atoms with Crippen LogP contribution in [-0.4, -0.2) is 4.98 Å². The van der Waals surface area contributed by atoms with Gasteiger partial charge in [0.05, 0.1) is 5.52 Å². The van der Waals surface area contributed by atoms with Gasteiger partial charge in [0.15, 0.2) is 0 Å². The van der Waals surface area contributed by atoms with Gasteiger partial charge in [0, 0.05) is 23.8 Å². The summed E-state index contributed by atoms with van der Waals surface area (Å²) in [5.41, 5.74) is 3.43. The molecule has 1 N–H and O–H groups in total. The normalized spacial score (nSPS) is 10.4. The van der Waals surface area contributed by atoms with Gasteiger partial charge < -0.3 is 5.32 Å². The fourth-order valence-corrected chi connectivity index (χ4v) is 2.04. The van der Waals surface area contributed by atoms with Crippen LogP contribution in [0.3, 0.4) is 0 Å². The fraction of sp³-hybridized carbons (Fsp3) is 0.0625. The largest absolute Gasteiger partial charge is 0.380 e. The Morgan fingerprint density at radius 3 is 2.50 bits per heavy atom. The number of nitrogens with one attached hydrogen (secondary N) is 1. The summed E-state index contributed by atoms with van der Waals surface area (Å²) in [6.07, 6.45) is 1.84. The Bertz CT molecular complexity index is 642. The molecule has 0 bridgehead atoms. The molecule has 0 aliphatic heterocycles. The highest BCUT2D eigenvalue weighted by atomic mass is 14.9. The molecule has 0 aliphatic rings. The molecule has 18 heavy (non-hydrogen) atoms. The van der Waals surface area contributed by atoms with E-state index in [-0.39, 0.29) is 0 Å². The first-order valence-electron chi connectivity index (χ1n) is 6.05. The molecular formula is C16H14N2. The number of rotatable bonds is 3. The van der Waals surface area contributed by atoms with Crippen LogP contribution in [-0.2, 0) is 6.54 Å². The molecule has 0 unspecified atom stereocenters. The van der Waals surface area contributed by atoms with Crippen LogP contribution in [0.15, 0.2) is 66.9 Å². The summed E-state index contributed by atoms with van der Waals surface area (Å²) >= 11 is 0. The lowest BCUT2D eigenvalue weighted by atomic mass is 10.1. The van der Waals surface area contributed by atoms with E-state index < -0.39 is 0 Å². The third kappa shape index (κ3) is 2.18. The third-order valence-corrected chi connectivity index (χ3v) is 2.97. The van der Waals surface area contributed by atoms with E-state index in [0.29, 0.717) is 0 Å². The second-order valence-electron chi connectivity index (χ2n) is 4.21. The zero-order chi connectivity index (χ0) is 12.2. The van der Waals surface area contributed by atoms with Crippen LogP contribution in [0.4, 0.5) is 5.69 Å². The summed E-state index contributed by atoms with van der Waals surface area (Å²) < 4.78 is 0. The van der Waals surface area contributed by atoms with E-state index in [2.05, 4.69) is 40.6 Å². The predicted octanol–water partition coefficient (Wildman–Crippen LogP) is 3.85. The smallest absolute Gasteiger partial charge is 0.0722 e. The molecule has 0 atom stereocenters.